The molecule has 0 spiro atoms. The van der Waals surface area contributed by atoms with Crippen LogP contribution in [0.15, 0.2) is 36.5 Å². The standard InChI is InChI=1S/C14H9F2N3O/c15-12-11(6-8-18-13(12)16)14(20)19-10-3-1-9(2-4-10)5-7-17/h1-4,6,8H,5H2,(H,19,20). The van der Waals surface area contributed by atoms with E-state index in [1.807, 2.05) is 6.07 Å². The van der Waals surface area contributed by atoms with Gasteiger partial charge in [-0.25, -0.2) is 9.37 Å². The lowest BCUT2D eigenvalue weighted by molar-refractivity contribution is 0.102. The third kappa shape index (κ3) is 2.95. The minimum atomic E-state index is -1.32. The molecule has 0 saturated heterocycles. The van der Waals surface area contributed by atoms with Crippen LogP contribution in [0.1, 0.15) is 15.9 Å². The van der Waals surface area contributed by atoms with Gasteiger partial charge in [0.1, 0.15) is 0 Å². The molecule has 1 aromatic carbocycles. The average molecular weight is 273 g/mol. The Labute approximate surface area is 113 Å². The van der Waals surface area contributed by atoms with Gasteiger partial charge in [0, 0.05) is 11.9 Å². The lowest BCUT2D eigenvalue weighted by Crippen LogP contribution is -2.15. The number of nitrogens with zero attached hydrogens (tertiary/aromatic N) is 2. The molecule has 6 heteroatoms. The van der Waals surface area contributed by atoms with Gasteiger partial charge >= 0.3 is 0 Å². The highest BCUT2D eigenvalue weighted by molar-refractivity contribution is 6.04. The number of rotatable bonds is 3. The van der Waals surface area contributed by atoms with E-state index in [0.29, 0.717) is 5.69 Å². The highest BCUT2D eigenvalue weighted by Gasteiger charge is 2.16. The van der Waals surface area contributed by atoms with E-state index in [1.54, 1.807) is 24.3 Å². The summed E-state index contributed by atoms with van der Waals surface area (Å²) in [6, 6.07) is 9.60. The van der Waals surface area contributed by atoms with E-state index in [1.165, 1.54) is 0 Å². The molecule has 1 N–H and O–H groups in total. The zero-order valence-corrected chi connectivity index (χ0v) is 10.2. The van der Waals surface area contributed by atoms with E-state index in [-0.39, 0.29) is 6.42 Å². The minimum Gasteiger partial charge on any atom is -0.322 e. The zero-order chi connectivity index (χ0) is 14.5. The second-order valence-electron chi connectivity index (χ2n) is 3.95. The Morgan fingerprint density at radius 3 is 2.60 bits per heavy atom. The Bertz CT molecular complexity index is 678. The summed E-state index contributed by atoms with van der Waals surface area (Å²) in [5.74, 6) is -3.37. The monoisotopic (exact) mass is 273 g/mol. The summed E-state index contributed by atoms with van der Waals surface area (Å²) in [7, 11) is 0. The van der Waals surface area contributed by atoms with Gasteiger partial charge in [0.15, 0.2) is 5.82 Å². The van der Waals surface area contributed by atoms with Gasteiger partial charge in [-0.2, -0.15) is 9.65 Å². The van der Waals surface area contributed by atoms with Gasteiger partial charge < -0.3 is 5.32 Å². The van der Waals surface area contributed by atoms with Crippen molar-refractivity contribution in [2.45, 2.75) is 6.42 Å². The van der Waals surface area contributed by atoms with Crippen molar-refractivity contribution in [3.8, 4) is 6.07 Å². The number of nitrogens with one attached hydrogen (secondary N) is 1. The number of hydrogen-bond donors (Lipinski definition) is 1. The molecule has 1 aromatic heterocycles. The number of amides is 1. The number of anilines is 1. The van der Waals surface area contributed by atoms with E-state index in [4.69, 9.17) is 5.26 Å². The van der Waals surface area contributed by atoms with E-state index in [0.717, 1.165) is 17.8 Å². The summed E-state index contributed by atoms with van der Waals surface area (Å²) >= 11 is 0. The summed E-state index contributed by atoms with van der Waals surface area (Å²) < 4.78 is 26.3. The van der Waals surface area contributed by atoms with Crippen LogP contribution in [0.2, 0.25) is 0 Å². The van der Waals surface area contributed by atoms with E-state index in [2.05, 4.69) is 10.3 Å². The first-order valence-electron chi connectivity index (χ1n) is 5.69. The molecule has 1 heterocycles. The molecule has 2 rings (SSSR count). The first-order valence-corrected chi connectivity index (χ1v) is 5.69. The molecular weight excluding hydrogens is 264 g/mol. The molecule has 0 radical (unpaired) electrons. The largest absolute Gasteiger partial charge is 0.322 e. The number of benzene rings is 1. The summed E-state index contributed by atoms with van der Waals surface area (Å²) in [6.45, 7) is 0. The van der Waals surface area contributed by atoms with Gasteiger partial charge in [-0.1, -0.05) is 12.1 Å². The van der Waals surface area contributed by atoms with Crippen LogP contribution in [0.5, 0.6) is 0 Å². The molecule has 0 aliphatic carbocycles. The second-order valence-corrected chi connectivity index (χ2v) is 3.95. The lowest BCUT2D eigenvalue weighted by Gasteiger charge is -2.06. The Hall–Kier alpha value is -2.81. The lowest BCUT2D eigenvalue weighted by atomic mass is 10.1. The highest BCUT2D eigenvalue weighted by Crippen LogP contribution is 2.14. The van der Waals surface area contributed by atoms with Gasteiger partial charge in [0.2, 0.25) is 5.95 Å². The topological polar surface area (TPSA) is 65.8 Å². The first kappa shape index (κ1) is 13.6. The Morgan fingerprint density at radius 2 is 1.95 bits per heavy atom. The predicted octanol–water partition coefficient (Wildman–Crippen LogP) is 2.68. The van der Waals surface area contributed by atoms with Crippen molar-refractivity contribution in [2.75, 3.05) is 5.32 Å². The first-order chi connectivity index (χ1) is 9.61. The second kappa shape index (κ2) is 5.89. The minimum absolute atomic E-state index is 0.262. The van der Waals surface area contributed by atoms with Gasteiger partial charge in [-0.05, 0) is 23.8 Å². The van der Waals surface area contributed by atoms with Crippen LogP contribution in [0, 0.1) is 23.1 Å². The summed E-state index contributed by atoms with van der Waals surface area (Å²) in [5.41, 5.74) is 0.804. The number of carbonyl (C=O) groups is 1. The maximum Gasteiger partial charge on any atom is 0.258 e. The van der Waals surface area contributed by atoms with Crippen LogP contribution in [-0.2, 0) is 6.42 Å². The van der Waals surface area contributed by atoms with E-state index < -0.39 is 23.2 Å². The van der Waals surface area contributed by atoms with Crippen molar-refractivity contribution in [2.24, 2.45) is 0 Å². The van der Waals surface area contributed by atoms with E-state index in [9.17, 15) is 13.6 Å². The fourth-order valence-electron chi connectivity index (χ4n) is 1.59. The Kier molecular flexibility index (Phi) is 4.01. The molecule has 0 atom stereocenters. The van der Waals surface area contributed by atoms with Gasteiger partial charge in [0.25, 0.3) is 5.91 Å². The molecular formula is C14H9F2N3O. The van der Waals surface area contributed by atoms with Crippen molar-refractivity contribution >= 4 is 11.6 Å². The van der Waals surface area contributed by atoms with Crippen molar-refractivity contribution < 1.29 is 13.6 Å². The van der Waals surface area contributed by atoms with Crippen LogP contribution in [0.4, 0.5) is 14.5 Å². The van der Waals surface area contributed by atoms with Gasteiger partial charge in [-0.15, -0.1) is 0 Å². The van der Waals surface area contributed by atoms with Crippen molar-refractivity contribution in [1.82, 2.24) is 4.98 Å². The summed E-state index contributed by atoms with van der Waals surface area (Å²) in [4.78, 5) is 14.9. The molecule has 0 fully saturated rings. The molecule has 2 aromatic rings. The molecule has 1 amide bonds. The zero-order valence-electron chi connectivity index (χ0n) is 10.2. The molecule has 0 aliphatic rings. The molecule has 0 aliphatic heterocycles. The number of aromatic nitrogens is 1. The van der Waals surface area contributed by atoms with Crippen molar-refractivity contribution in [3.05, 3.63) is 59.4 Å². The Morgan fingerprint density at radius 1 is 1.25 bits per heavy atom. The molecule has 0 unspecified atom stereocenters. The molecule has 0 bridgehead atoms. The third-order valence-electron chi connectivity index (χ3n) is 2.59. The summed E-state index contributed by atoms with van der Waals surface area (Å²) in [6.07, 6.45) is 1.28. The van der Waals surface area contributed by atoms with Crippen LogP contribution >= 0.6 is 0 Å². The van der Waals surface area contributed by atoms with Gasteiger partial charge in [-0.3, -0.25) is 4.79 Å². The van der Waals surface area contributed by atoms with Crippen molar-refractivity contribution in [3.63, 3.8) is 0 Å². The fourth-order valence-corrected chi connectivity index (χ4v) is 1.59. The van der Waals surface area contributed by atoms with Crippen LogP contribution in [-0.4, -0.2) is 10.9 Å². The number of halogens is 2. The predicted molar refractivity (Wildman–Crippen MR) is 67.9 cm³/mol. The van der Waals surface area contributed by atoms with Crippen molar-refractivity contribution in [1.29, 1.82) is 5.26 Å². The van der Waals surface area contributed by atoms with Gasteiger partial charge in [0.05, 0.1) is 18.1 Å². The van der Waals surface area contributed by atoms with E-state index >= 15 is 0 Å². The summed E-state index contributed by atoms with van der Waals surface area (Å²) in [5, 5.41) is 11.0. The average Bonchev–Trinajstić information content (AvgIpc) is 2.44. The molecule has 100 valence electrons. The maximum absolute atomic E-state index is 13.4. The normalized spacial score (nSPS) is 9.85. The maximum atomic E-state index is 13.4. The number of hydrogen-bond acceptors (Lipinski definition) is 3. The highest BCUT2D eigenvalue weighted by atomic mass is 19.2. The van der Waals surface area contributed by atoms with Crippen LogP contribution in [0.3, 0.4) is 0 Å². The quantitative estimate of drug-likeness (QED) is 0.874. The SMILES string of the molecule is N#CCc1ccc(NC(=O)c2ccnc(F)c2F)cc1. The number of nitriles is 1. The smallest absolute Gasteiger partial charge is 0.258 e. The molecule has 0 saturated carbocycles. The number of carbonyl (C=O) groups excluding carboxylic acids is 1. The molecule has 20 heavy (non-hydrogen) atoms. The Balaban J connectivity index is 2.15. The van der Waals surface area contributed by atoms with Crippen LogP contribution in [0.25, 0.3) is 0 Å². The number of pyridine rings is 1. The fraction of sp³-hybridized carbons (Fsp3) is 0.0714. The third-order valence-corrected chi connectivity index (χ3v) is 2.59. The molecule has 4 nitrogen and oxygen atoms in total. The van der Waals surface area contributed by atoms with Crippen LogP contribution < -0.4 is 5.32 Å².